The molecule has 0 bridgehead atoms. The Hall–Kier alpha value is -1.29. The zero-order chi connectivity index (χ0) is 12.3. The van der Waals surface area contributed by atoms with Gasteiger partial charge in [-0.15, -0.1) is 0 Å². The van der Waals surface area contributed by atoms with E-state index in [1.165, 1.54) is 0 Å². The molecule has 2 atom stereocenters. The Morgan fingerprint density at radius 2 is 2.53 bits per heavy atom. The van der Waals surface area contributed by atoms with Gasteiger partial charge >= 0.3 is 5.97 Å². The summed E-state index contributed by atoms with van der Waals surface area (Å²) < 4.78 is 5.41. The molecule has 1 N–H and O–H groups in total. The number of nitrogens with zero attached hydrogens (tertiary/aromatic N) is 1. The van der Waals surface area contributed by atoms with Gasteiger partial charge in [0.2, 0.25) is 0 Å². The van der Waals surface area contributed by atoms with E-state index in [9.17, 15) is 4.79 Å². The maximum atomic E-state index is 10.5. The van der Waals surface area contributed by atoms with E-state index in [1.807, 2.05) is 12.1 Å². The maximum Gasteiger partial charge on any atom is 0.303 e. The molecule has 1 fully saturated rings. The van der Waals surface area contributed by atoms with Gasteiger partial charge in [0.25, 0.3) is 0 Å². The van der Waals surface area contributed by atoms with Crippen molar-refractivity contribution in [3.63, 3.8) is 0 Å². The van der Waals surface area contributed by atoms with Gasteiger partial charge in [-0.25, -0.2) is 0 Å². The lowest BCUT2D eigenvalue weighted by Gasteiger charge is -2.22. The van der Waals surface area contributed by atoms with Crippen molar-refractivity contribution in [3.8, 4) is 0 Å². The van der Waals surface area contributed by atoms with Crippen molar-refractivity contribution < 1.29 is 14.3 Å². The molecule has 0 radical (unpaired) electrons. The van der Waals surface area contributed by atoms with Gasteiger partial charge in [0, 0.05) is 13.0 Å². The van der Waals surface area contributed by atoms with Crippen LogP contribution < -0.4 is 0 Å². The minimum absolute atomic E-state index is 0.285. The van der Waals surface area contributed by atoms with Gasteiger partial charge in [-0.2, -0.15) is 0 Å². The van der Waals surface area contributed by atoms with E-state index in [-0.39, 0.29) is 6.42 Å². The first kappa shape index (κ1) is 12.2. The summed E-state index contributed by atoms with van der Waals surface area (Å²) in [5.41, 5.74) is 0. The Bertz CT molecular complexity index is 361. The molecule has 2 rings (SSSR count). The van der Waals surface area contributed by atoms with Crippen LogP contribution in [0.3, 0.4) is 0 Å². The van der Waals surface area contributed by atoms with E-state index in [1.54, 1.807) is 6.26 Å². The molecule has 0 aliphatic carbocycles. The van der Waals surface area contributed by atoms with Gasteiger partial charge in [-0.3, -0.25) is 9.69 Å². The van der Waals surface area contributed by atoms with Crippen molar-refractivity contribution in [3.05, 3.63) is 24.2 Å². The highest BCUT2D eigenvalue weighted by Gasteiger charge is 2.27. The Morgan fingerprint density at radius 1 is 1.71 bits per heavy atom. The predicted octanol–water partition coefficient (Wildman–Crippen LogP) is 2.53. The Balaban J connectivity index is 1.83. The lowest BCUT2D eigenvalue weighted by atomic mass is 10.0. The van der Waals surface area contributed by atoms with Crippen molar-refractivity contribution in [2.45, 2.75) is 32.2 Å². The monoisotopic (exact) mass is 237 g/mol. The zero-order valence-corrected chi connectivity index (χ0v) is 10.1. The molecule has 0 saturated carbocycles. The average Bonchev–Trinajstić information content (AvgIpc) is 2.97. The Morgan fingerprint density at radius 3 is 3.18 bits per heavy atom. The molecule has 4 heteroatoms. The largest absolute Gasteiger partial charge is 0.481 e. The molecule has 0 aromatic carbocycles. The first-order valence-electron chi connectivity index (χ1n) is 6.16. The van der Waals surface area contributed by atoms with Gasteiger partial charge in [-0.1, -0.05) is 0 Å². The van der Waals surface area contributed by atoms with Crippen LogP contribution in [0.2, 0.25) is 0 Å². The number of carboxylic acid groups (broad SMARTS) is 1. The van der Waals surface area contributed by atoms with Crippen molar-refractivity contribution >= 4 is 5.97 Å². The summed E-state index contributed by atoms with van der Waals surface area (Å²) in [6, 6.07) is 4.19. The van der Waals surface area contributed by atoms with Crippen molar-refractivity contribution in [2.75, 3.05) is 13.1 Å². The van der Waals surface area contributed by atoms with E-state index in [0.29, 0.717) is 12.0 Å². The second-order valence-corrected chi connectivity index (χ2v) is 4.77. The van der Waals surface area contributed by atoms with Crippen LogP contribution in [0, 0.1) is 5.92 Å². The molecule has 2 unspecified atom stereocenters. The highest BCUT2D eigenvalue weighted by atomic mass is 16.4. The summed E-state index contributed by atoms with van der Waals surface area (Å²) in [5.74, 6) is 0.815. The maximum absolute atomic E-state index is 10.5. The SMILES string of the molecule is CC(c1ccco1)N1CCC(CCC(=O)O)C1. The third-order valence-electron chi connectivity index (χ3n) is 3.59. The van der Waals surface area contributed by atoms with Crippen molar-refractivity contribution in [2.24, 2.45) is 5.92 Å². The highest BCUT2D eigenvalue weighted by molar-refractivity contribution is 5.66. The van der Waals surface area contributed by atoms with Gasteiger partial charge in [0.05, 0.1) is 12.3 Å². The van der Waals surface area contributed by atoms with Gasteiger partial charge in [0.15, 0.2) is 0 Å². The number of likely N-dealkylation sites (tertiary alicyclic amines) is 1. The van der Waals surface area contributed by atoms with E-state index >= 15 is 0 Å². The van der Waals surface area contributed by atoms with Gasteiger partial charge in [0.1, 0.15) is 5.76 Å². The second kappa shape index (κ2) is 5.36. The second-order valence-electron chi connectivity index (χ2n) is 4.77. The molecular formula is C13H19NO3. The van der Waals surface area contributed by atoms with E-state index in [0.717, 1.165) is 31.7 Å². The Labute approximate surface area is 101 Å². The van der Waals surface area contributed by atoms with Crippen LogP contribution in [-0.4, -0.2) is 29.1 Å². The smallest absolute Gasteiger partial charge is 0.303 e. The summed E-state index contributed by atoms with van der Waals surface area (Å²) in [5, 5.41) is 8.67. The number of aliphatic carboxylic acids is 1. The molecule has 1 saturated heterocycles. The minimum atomic E-state index is -0.692. The van der Waals surface area contributed by atoms with Crippen molar-refractivity contribution in [1.82, 2.24) is 4.90 Å². The number of carbonyl (C=O) groups is 1. The van der Waals surface area contributed by atoms with E-state index < -0.39 is 5.97 Å². The minimum Gasteiger partial charge on any atom is -0.481 e. The molecule has 94 valence electrons. The van der Waals surface area contributed by atoms with Crippen LogP contribution in [-0.2, 0) is 4.79 Å². The Kier molecular flexibility index (Phi) is 3.84. The van der Waals surface area contributed by atoms with Crippen LogP contribution in [0.25, 0.3) is 0 Å². The van der Waals surface area contributed by atoms with E-state index in [4.69, 9.17) is 9.52 Å². The fourth-order valence-corrected chi connectivity index (χ4v) is 2.49. The summed E-state index contributed by atoms with van der Waals surface area (Å²) >= 11 is 0. The molecule has 1 aliphatic heterocycles. The molecule has 0 spiro atoms. The van der Waals surface area contributed by atoms with Crippen LogP contribution in [0.1, 0.15) is 38.0 Å². The number of rotatable bonds is 5. The number of furan rings is 1. The van der Waals surface area contributed by atoms with Crippen molar-refractivity contribution in [1.29, 1.82) is 0 Å². The number of hydrogen-bond acceptors (Lipinski definition) is 3. The molecule has 17 heavy (non-hydrogen) atoms. The summed E-state index contributed by atoms with van der Waals surface area (Å²) in [4.78, 5) is 12.9. The fourth-order valence-electron chi connectivity index (χ4n) is 2.49. The molecule has 2 heterocycles. The number of hydrogen-bond donors (Lipinski definition) is 1. The highest BCUT2D eigenvalue weighted by Crippen LogP contribution is 2.29. The third-order valence-corrected chi connectivity index (χ3v) is 3.59. The number of carboxylic acids is 1. The summed E-state index contributed by atoms with van der Waals surface area (Å²) in [6.45, 7) is 4.15. The molecule has 4 nitrogen and oxygen atoms in total. The lowest BCUT2D eigenvalue weighted by molar-refractivity contribution is -0.137. The fraction of sp³-hybridized carbons (Fsp3) is 0.615. The van der Waals surface area contributed by atoms with E-state index in [2.05, 4.69) is 11.8 Å². The van der Waals surface area contributed by atoms with Crippen LogP contribution in [0.15, 0.2) is 22.8 Å². The topological polar surface area (TPSA) is 53.7 Å². The van der Waals surface area contributed by atoms with Crippen LogP contribution >= 0.6 is 0 Å². The van der Waals surface area contributed by atoms with Gasteiger partial charge < -0.3 is 9.52 Å². The first-order chi connectivity index (χ1) is 8.16. The molecule has 1 aromatic rings. The zero-order valence-electron chi connectivity index (χ0n) is 10.1. The summed E-state index contributed by atoms with van der Waals surface area (Å²) in [7, 11) is 0. The van der Waals surface area contributed by atoms with Crippen LogP contribution in [0.5, 0.6) is 0 Å². The normalized spacial score (nSPS) is 22.8. The van der Waals surface area contributed by atoms with Crippen LogP contribution in [0.4, 0.5) is 0 Å². The quantitative estimate of drug-likeness (QED) is 0.855. The average molecular weight is 237 g/mol. The standard InChI is InChI=1S/C13H19NO3/c1-10(12-3-2-8-17-12)14-7-6-11(9-14)4-5-13(15)16/h2-3,8,10-11H,4-7,9H2,1H3,(H,15,16). The lowest BCUT2D eigenvalue weighted by Crippen LogP contribution is -2.24. The first-order valence-corrected chi connectivity index (χ1v) is 6.16. The molecular weight excluding hydrogens is 218 g/mol. The summed E-state index contributed by atoms with van der Waals surface area (Å²) in [6.07, 6.45) is 3.87. The van der Waals surface area contributed by atoms with Gasteiger partial charge in [-0.05, 0) is 44.4 Å². The molecule has 1 aromatic heterocycles. The molecule has 0 amide bonds. The third kappa shape index (κ3) is 3.09. The molecule has 1 aliphatic rings. The predicted molar refractivity (Wildman–Crippen MR) is 63.7 cm³/mol.